The Morgan fingerprint density at radius 3 is 2.51 bits per heavy atom. The predicted molar refractivity (Wildman–Crippen MR) is 141 cm³/mol. The SMILES string of the molecule is CCOC(=O)c1c(C(=O)N2CCN(C(=O)Nc3cccc(Cl)c3)C(C)C2)nc(C)nc1-c1ccccc1. The molecule has 1 aromatic heterocycles. The van der Waals surface area contributed by atoms with E-state index in [0.29, 0.717) is 34.3 Å². The van der Waals surface area contributed by atoms with Gasteiger partial charge in [0.15, 0.2) is 0 Å². The summed E-state index contributed by atoms with van der Waals surface area (Å²) in [5.41, 5.74) is 1.65. The van der Waals surface area contributed by atoms with E-state index in [1.807, 2.05) is 37.3 Å². The Hall–Kier alpha value is -3.98. The zero-order chi connectivity index (χ0) is 26.5. The van der Waals surface area contributed by atoms with Crippen molar-refractivity contribution < 1.29 is 19.1 Å². The lowest BCUT2D eigenvalue weighted by atomic mass is 10.0. The van der Waals surface area contributed by atoms with E-state index in [4.69, 9.17) is 16.3 Å². The number of halogens is 1. The number of carbonyl (C=O) groups excluding carboxylic acids is 3. The van der Waals surface area contributed by atoms with Gasteiger partial charge in [0, 0.05) is 41.9 Å². The second-order valence-electron chi connectivity index (χ2n) is 8.66. The highest BCUT2D eigenvalue weighted by molar-refractivity contribution is 6.30. The van der Waals surface area contributed by atoms with Crippen molar-refractivity contribution in [2.75, 3.05) is 31.6 Å². The molecule has 0 bridgehead atoms. The Bertz CT molecular complexity index is 1320. The molecule has 0 saturated carbocycles. The second kappa shape index (κ2) is 11.4. The predicted octanol–water partition coefficient (Wildman–Crippen LogP) is 4.66. The fourth-order valence-electron chi connectivity index (χ4n) is 4.28. The number of urea groups is 1. The maximum absolute atomic E-state index is 13.7. The molecule has 0 spiro atoms. The van der Waals surface area contributed by atoms with E-state index in [9.17, 15) is 14.4 Å². The molecule has 192 valence electrons. The Morgan fingerprint density at radius 1 is 1.08 bits per heavy atom. The minimum absolute atomic E-state index is 0.00571. The van der Waals surface area contributed by atoms with Gasteiger partial charge in [-0.2, -0.15) is 0 Å². The van der Waals surface area contributed by atoms with E-state index < -0.39 is 11.9 Å². The number of hydrogen-bond donors (Lipinski definition) is 1. The lowest BCUT2D eigenvalue weighted by Crippen LogP contribution is -2.56. The zero-order valence-electron chi connectivity index (χ0n) is 20.9. The number of amides is 3. The van der Waals surface area contributed by atoms with Gasteiger partial charge in [0.2, 0.25) is 0 Å². The molecule has 1 aliphatic heterocycles. The molecule has 3 amide bonds. The first kappa shape index (κ1) is 26.1. The average molecular weight is 522 g/mol. The number of hydrogen-bond acceptors (Lipinski definition) is 6. The fraction of sp³-hybridized carbons (Fsp3) is 0.296. The first-order chi connectivity index (χ1) is 17.8. The summed E-state index contributed by atoms with van der Waals surface area (Å²) in [4.78, 5) is 51.7. The van der Waals surface area contributed by atoms with Gasteiger partial charge in [0.05, 0.1) is 12.3 Å². The summed E-state index contributed by atoms with van der Waals surface area (Å²) in [7, 11) is 0. The number of ether oxygens (including phenoxy) is 1. The zero-order valence-corrected chi connectivity index (χ0v) is 21.7. The molecule has 1 saturated heterocycles. The van der Waals surface area contributed by atoms with E-state index in [1.54, 1.807) is 47.9 Å². The number of esters is 1. The minimum atomic E-state index is -0.655. The molecule has 0 radical (unpaired) electrons. The van der Waals surface area contributed by atoms with Gasteiger partial charge in [0.25, 0.3) is 5.91 Å². The number of anilines is 1. The van der Waals surface area contributed by atoms with Gasteiger partial charge < -0.3 is 19.9 Å². The molecule has 37 heavy (non-hydrogen) atoms. The second-order valence-corrected chi connectivity index (χ2v) is 9.10. The fourth-order valence-corrected chi connectivity index (χ4v) is 4.47. The molecule has 1 aliphatic rings. The molecule has 2 heterocycles. The Kier molecular flexibility index (Phi) is 8.03. The topological polar surface area (TPSA) is 105 Å². The number of benzene rings is 2. The lowest BCUT2D eigenvalue weighted by molar-refractivity contribution is 0.0505. The van der Waals surface area contributed by atoms with Gasteiger partial charge >= 0.3 is 12.0 Å². The van der Waals surface area contributed by atoms with Gasteiger partial charge in [-0.3, -0.25) is 4.79 Å². The first-order valence-corrected chi connectivity index (χ1v) is 12.4. The van der Waals surface area contributed by atoms with Crippen molar-refractivity contribution in [3.63, 3.8) is 0 Å². The summed E-state index contributed by atoms with van der Waals surface area (Å²) in [6.07, 6.45) is 0. The standard InChI is InChI=1S/C27H28ClN5O4/c1-4-37-26(35)22-23(19-9-6-5-7-10-19)29-18(3)30-24(22)25(34)32-13-14-33(17(2)16-32)27(36)31-21-12-8-11-20(28)15-21/h5-12,15,17H,4,13-14,16H2,1-3H3,(H,31,36). The van der Waals surface area contributed by atoms with Crippen molar-refractivity contribution in [1.82, 2.24) is 19.8 Å². The van der Waals surface area contributed by atoms with Crippen LogP contribution in [0.4, 0.5) is 10.5 Å². The Balaban J connectivity index is 1.58. The number of nitrogens with one attached hydrogen (secondary N) is 1. The van der Waals surface area contributed by atoms with E-state index in [0.717, 1.165) is 0 Å². The monoisotopic (exact) mass is 521 g/mol. The molecule has 1 unspecified atom stereocenters. The van der Waals surface area contributed by atoms with Crippen molar-refractivity contribution >= 4 is 35.2 Å². The van der Waals surface area contributed by atoms with Crippen molar-refractivity contribution in [2.45, 2.75) is 26.8 Å². The highest BCUT2D eigenvalue weighted by Crippen LogP contribution is 2.26. The van der Waals surface area contributed by atoms with Crippen LogP contribution in [0.3, 0.4) is 0 Å². The molecule has 4 rings (SSSR count). The quantitative estimate of drug-likeness (QED) is 0.490. The van der Waals surface area contributed by atoms with Crippen LogP contribution in [0.5, 0.6) is 0 Å². The summed E-state index contributed by atoms with van der Waals surface area (Å²) in [6, 6.07) is 15.5. The smallest absolute Gasteiger partial charge is 0.342 e. The molecular weight excluding hydrogens is 494 g/mol. The summed E-state index contributed by atoms with van der Waals surface area (Å²) < 4.78 is 5.28. The van der Waals surface area contributed by atoms with Crippen LogP contribution in [0.15, 0.2) is 54.6 Å². The third kappa shape index (κ3) is 5.89. The minimum Gasteiger partial charge on any atom is -0.462 e. The van der Waals surface area contributed by atoms with Crippen molar-refractivity contribution in [3.05, 3.63) is 76.7 Å². The molecule has 0 aliphatic carbocycles. The summed E-state index contributed by atoms with van der Waals surface area (Å²) >= 11 is 6.02. The summed E-state index contributed by atoms with van der Waals surface area (Å²) in [6.45, 7) is 6.25. The normalized spacial score (nSPS) is 15.3. The van der Waals surface area contributed by atoms with E-state index >= 15 is 0 Å². The average Bonchev–Trinajstić information content (AvgIpc) is 2.88. The Morgan fingerprint density at radius 2 is 1.84 bits per heavy atom. The first-order valence-electron chi connectivity index (χ1n) is 12.0. The number of aryl methyl sites for hydroxylation is 1. The van der Waals surface area contributed by atoms with Crippen LogP contribution in [0, 0.1) is 6.92 Å². The highest BCUT2D eigenvalue weighted by Gasteiger charge is 2.34. The maximum Gasteiger partial charge on any atom is 0.342 e. The third-order valence-corrected chi connectivity index (χ3v) is 6.24. The summed E-state index contributed by atoms with van der Waals surface area (Å²) in [5.74, 6) is -0.701. The van der Waals surface area contributed by atoms with Crippen LogP contribution >= 0.6 is 11.6 Å². The Labute approximate surface area is 220 Å². The summed E-state index contributed by atoms with van der Waals surface area (Å²) in [5, 5.41) is 3.37. The van der Waals surface area contributed by atoms with Crippen LogP contribution in [-0.4, -0.2) is 70.0 Å². The molecule has 1 atom stereocenters. The van der Waals surface area contributed by atoms with E-state index in [-0.39, 0.29) is 43.0 Å². The molecule has 1 N–H and O–H groups in total. The van der Waals surface area contributed by atoms with Gasteiger partial charge in [-0.25, -0.2) is 19.6 Å². The molecule has 1 fully saturated rings. The van der Waals surface area contributed by atoms with Gasteiger partial charge in [-0.05, 0) is 39.0 Å². The molecule has 9 nitrogen and oxygen atoms in total. The number of rotatable bonds is 5. The number of aromatic nitrogens is 2. The van der Waals surface area contributed by atoms with Crippen molar-refractivity contribution in [1.29, 1.82) is 0 Å². The highest BCUT2D eigenvalue weighted by atomic mass is 35.5. The van der Waals surface area contributed by atoms with Gasteiger partial charge in [-0.15, -0.1) is 0 Å². The van der Waals surface area contributed by atoms with Crippen LogP contribution in [-0.2, 0) is 4.74 Å². The van der Waals surface area contributed by atoms with Crippen LogP contribution < -0.4 is 5.32 Å². The number of nitrogens with zero attached hydrogens (tertiary/aromatic N) is 4. The van der Waals surface area contributed by atoms with E-state index in [1.165, 1.54) is 0 Å². The van der Waals surface area contributed by atoms with Crippen molar-refractivity contribution in [3.8, 4) is 11.3 Å². The molecular formula is C27H28ClN5O4. The number of piperazine rings is 1. The van der Waals surface area contributed by atoms with Gasteiger partial charge in [0.1, 0.15) is 17.1 Å². The maximum atomic E-state index is 13.7. The largest absolute Gasteiger partial charge is 0.462 e. The molecule has 3 aromatic rings. The lowest BCUT2D eigenvalue weighted by Gasteiger charge is -2.39. The van der Waals surface area contributed by atoms with Crippen molar-refractivity contribution in [2.24, 2.45) is 0 Å². The van der Waals surface area contributed by atoms with Crippen LogP contribution in [0.2, 0.25) is 5.02 Å². The van der Waals surface area contributed by atoms with Crippen LogP contribution in [0.25, 0.3) is 11.3 Å². The van der Waals surface area contributed by atoms with E-state index in [2.05, 4.69) is 15.3 Å². The van der Waals surface area contributed by atoms with Gasteiger partial charge in [-0.1, -0.05) is 48.0 Å². The molecule has 10 heteroatoms. The third-order valence-electron chi connectivity index (χ3n) is 6.00. The number of carbonyl (C=O) groups is 3. The van der Waals surface area contributed by atoms with Crippen LogP contribution in [0.1, 0.15) is 40.5 Å². The molecule has 2 aromatic carbocycles.